The molecule has 3 rings (SSSR count). The summed E-state index contributed by atoms with van der Waals surface area (Å²) in [7, 11) is 1.78. The number of para-hydroxylation sites is 1. The van der Waals surface area contributed by atoms with Crippen molar-refractivity contribution in [1.82, 2.24) is 5.32 Å². The molecule has 3 heteroatoms. The van der Waals surface area contributed by atoms with Crippen LogP contribution in [0.1, 0.15) is 63.1 Å². The highest BCUT2D eigenvalue weighted by atomic mass is 16.5. The van der Waals surface area contributed by atoms with Gasteiger partial charge < -0.3 is 14.8 Å². The topological polar surface area (TPSA) is 30.5 Å². The lowest BCUT2D eigenvalue weighted by atomic mass is 9.75. The molecule has 0 unspecified atom stereocenters. The number of benzene rings is 2. The first-order chi connectivity index (χ1) is 13.5. The molecule has 1 N–H and O–H groups in total. The molecule has 28 heavy (non-hydrogen) atoms. The molecule has 1 aliphatic heterocycles. The quantitative estimate of drug-likeness (QED) is 0.634. The first-order valence-electron chi connectivity index (χ1n) is 10.6. The summed E-state index contributed by atoms with van der Waals surface area (Å²) < 4.78 is 11.7. The predicted octanol–water partition coefficient (Wildman–Crippen LogP) is 5.72. The van der Waals surface area contributed by atoms with Gasteiger partial charge in [0.25, 0.3) is 0 Å². The smallest absolute Gasteiger partial charge is 0.122 e. The highest BCUT2D eigenvalue weighted by Gasteiger charge is 2.35. The van der Waals surface area contributed by atoms with Crippen molar-refractivity contribution in [2.75, 3.05) is 20.3 Å². The number of hydrogen-bond donors (Lipinski definition) is 1. The largest absolute Gasteiger partial charge is 0.496 e. The van der Waals surface area contributed by atoms with E-state index in [1.54, 1.807) is 7.11 Å². The van der Waals surface area contributed by atoms with Gasteiger partial charge in [0.2, 0.25) is 0 Å². The van der Waals surface area contributed by atoms with Crippen molar-refractivity contribution in [2.45, 2.75) is 57.6 Å². The zero-order chi connectivity index (χ0) is 20.0. The van der Waals surface area contributed by atoms with E-state index < -0.39 is 0 Å². The van der Waals surface area contributed by atoms with E-state index in [2.05, 4.69) is 80.7 Å². The fourth-order valence-electron chi connectivity index (χ4n) is 4.56. The second-order valence-corrected chi connectivity index (χ2v) is 8.58. The SMILES string of the molecule is COc1ccccc1[C@H](CCN[C@H](C)c1ccccc1)[C@@H]1CCOC(C)(C)C1. The van der Waals surface area contributed by atoms with Crippen molar-refractivity contribution in [3.05, 3.63) is 65.7 Å². The summed E-state index contributed by atoms with van der Waals surface area (Å²) >= 11 is 0. The zero-order valence-electron chi connectivity index (χ0n) is 17.8. The minimum Gasteiger partial charge on any atom is -0.496 e. The molecule has 0 aliphatic carbocycles. The molecule has 0 bridgehead atoms. The van der Waals surface area contributed by atoms with Crippen LogP contribution in [0.4, 0.5) is 0 Å². The molecule has 152 valence electrons. The van der Waals surface area contributed by atoms with E-state index in [1.165, 1.54) is 11.1 Å². The minimum absolute atomic E-state index is 0.0477. The third-order valence-electron chi connectivity index (χ3n) is 6.05. The van der Waals surface area contributed by atoms with Crippen LogP contribution in [0.25, 0.3) is 0 Å². The molecule has 2 aromatic rings. The average molecular weight is 382 g/mol. The van der Waals surface area contributed by atoms with Gasteiger partial charge in [-0.15, -0.1) is 0 Å². The van der Waals surface area contributed by atoms with E-state index in [0.717, 1.165) is 38.2 Å². The molecule has 1 fully saturated rings. The Balaban J connectivity index is 1.73. The molecule has 0 saturated carbocycles. The fraction of sp³-hybridized carbons (Fsp3) is 0.520. The third-order valence-corrected chi connectivity index (χ3v) is 6.05. The lowest BCUT2D eigenvalue weighted by Crippen LogP contribution is -2.37. The lowest BCUT2D eigenvalue weighted by Gasteiger charge is -2.40. The molecule has 1 heterocycles. The van der Waals surface area contributed by atoms with Gasteiger partial charge >= 0.3 is 0 Å². The molecule has 2 aromatic carbocycles. The van der Waals surface area contributed by atoms with Crippen LogP contribution in [0, 0.1) is 5.92 Å². The van der Waals surface area contributed by atoms with Gasteiger partial charge in [0.1, 0.15) is 5.75 Å². The Hall–Kier alpha value is -1.84. The minimum atomic E-state index is -0.0477. The van der Waals surface area contributed by atoms with Crippen LogP contribution in [0.3, 0.4) is 0 Å². The van der Waals surface area contributed by atoms with Crippen molar-refractivity contribution in [3.63, 3.8) is 0 Å². The van der Waals surface area contributed by atoms with Crippen molar-refractivity contribution in [1.29, 1.82) is 0 Å². The van der Waals surface area contributed by atoms with E-state index in [1.807, 2.05) is 0 Å². The molecule has 0 aromatic heterocycles. The number of rotatable bonds is 8. The van der Waals surface area contributed by atoms with Gasteiger partial charge in [-0.1, -0.05) is 48.5 Å². The van der Waals surface area contributed by atoms with Gasteiger partial charge in [0.05, 0.1) is 12.7 Å². The summed E-state index contributed by atoms with van der Waals surface area (Å²) in [6, 6.07) is 19.5. The maximum Gasteiger partial charge on any atom is 0.122 e. The maximum atomic E-state index is 5.99. The lowest BCUT2D eigenvalue weighted by molar-refractivity contribution is -0.0773. The molecule has 3 atom stereocenters. The van der Waals surface area contributed by atoms with Crippen LogP contribution in [-0.4, -0.2) is 25.9 Å². The van der Waals surface area contributed by atoms with Gasteiger partial charge in [-0.2, -0.15) is 0 Å². The van der Waals surface area contributed by atoms with Gasteiger partial charge in [-0.3, -0.25) is 0 Å². The zero-order valence-corrected chi connectivity index (χ0v) is 17.8. The summed E-state index contributed by atoms with van der Waals surface area (Å²) in [6.07, 6.45) is 3.29. The maximum absolute atomic E-state index is 5.99. The van der Waals surface area contributed by atoms with Gasteiger partial charge in [0, 0.05) is 12.6 Å². The average Bonchev–Trinajstić information content (AvgIpc) is 2.71. The standard InChI is InChI=1S/C25H35NO2/c1-19(20-10-6-5-7-11-20)26-16-14-22(21-15-17-28-25(2,3)18-21)23-12-8-9-13-24(23)27-4/h5-13,19,21-22,26H,14-18H2,1-4H3/t19-,21-,22-/m1/s1. The number of methoxy groups -OCH3 is 1. The van der Waals surface area contributed by atoms with Crippen molar-refractivity contribution < 1.29 is 9.47 Å². The van der Waals surface area contributed by atoms with Crippen molar-refractivity contribution in [3.8, 4) is 5.75 Å². The van der Waals surface area contributed by atoms with E-state index >= 15 is 0 Å². The Morgan fingerprint density at radius 1 is 1.11 bits per heavy atom. The van der Waals surface area contributed by atoms with E-state index in [-0.39, 0.29) is 5.60 Å². The summed E-state index contributed by atoms with van der Waals surface area (Å²) in [4.78, 5) is 0. The Kier molecular flexibility index (Phi) is 7.14. The molecule has 0 radical (unpaired) electrons. The van der Waals surface area contributed by atoms with Crippen LogP contribution in [0.2, 0.25) is 0 Å². The number of hydrogen-bond acceptors (Lipinski definition) is 3. The third kappa shape index (κ3) is 5.36. The Morgan fingerprint density at radius 3 is 2.54 bits per heavy atom. The first-order valence-corrected chi connectivity index (χ1v) is 10.6. The second-order valence-electron chi connectivity index (χ2n) is 8.58. The van der Waals surface area contributed by atoms with Crippen molar-refractivity contribution >= 4 is 0 Å². The normalized spacial score (nSPS) is 21.1. The first kappa shape index (κ1) is 20.9. The summed E-state index contributed by atoms with van der Waals surface area (Å²) in [5.74, 6) is 2.08. The highest BCUT2D eigenvalue weighted by molar-refractivity contribution is 5.37. The summed E-state index contributed by atoms with van der Waals surface area (Å²) in [5.41, 5.74) is 2.62. The van der Waals surface area contributed by atoms with Crippen LogP contribution in [-0.2, 0) is 4.74 Å². The van der Waals surface area contributed by atoms with Crippen molar-refractivity contribution in [2.24, 2.45) is 5.92 Å². The van der Waals surface area contributed by atoms with Crippen LogP contribution < -0.4 is 10.1 Å². The second kappa shape index (κ2) is 9.58. The van der Waals surface area contributed by atoms with Crippen LogP contribution in [0.15, 0.2) is 54.6 Å². The summed E-state index contributed by atoms with van der Waals surface area (Å²) in [6.45, 7) is 8.50. The molecule has 1 saturated heterocycles. The van der Waals surface area contributed by atoms with Crippen LogP contribution >= 0.6 is 0 Å². The van der Waals surface area contributed by atoms with E-state index in [0.29, 0.717) is 17.9 Å². The molecular formula is C25H35NO2. The van der Waals surface area contributed by atoms with E-state index in [9.17, 15) is 0 Å². The predicted molar refractivity (Wildman–Crippen MR) is 116 cm³/mol. The number of ether oxygens (including phenoxy) is 2. The monoisotopic (exact) mass is 381 g/mol. The van der Waals surface area contributed by atoms with Gasteiger partial charge in [0.15, 0.2) is 0 Å². The molecule has 3 nitrogen and oxygen atoms in total. The summed E-state index contributed by atoms with van der Waals surface area (Å²) in [5, 5.41) is 3.72. The van der Waals surface area contributed by atoms with Gasteiger partial charge in [-0.05, 0) is 75.6 Å². The highest BCUT2D eigenvalue weighted by Crippen LogP contribution is 2.42. The van der Waals surface area contributed by atoms with Gasteiger partial charge in [-0.25, -0.2) is 0 Å². The Morgan fingerprint density at radius 2 is 1.82 bits per heavy atom. The van der Waals surface area contributed by atoms with E-state index in [4.69, 9.17) is 9.47 Å². The van der Waals surface area contributed by atoms with Crippen LogP contribution in [0.5, 0.6) is 5.75 Å². The molecule has 1 aliphatic rings. The molecule has 0 amide bonds. The fourth-order valence-corrected chi connectivity index (χ4v) is 4.56. The molecular weight excluding hydrogens is 346 g/mol. The Bertz CT molecular complexity index is 728. The molecule has 0 spiro atoms. The Labute approximate surface area is 170 Å². The number of nitrogens with one attached hydrogen (secondary N) is 1.